The van der Waals surface area contributed by atoms with Crippen LogP contribution in [0, 0.1) is 11.8 Å². The first kappa shape index (κ1) is 21.0. The molecule has 0 bridgehead atoms. The molecular formula is C22H40N4. The Morgan fingerprint density at radius 1 is 1.27 bits per heavy atom. The van der Waals surface area contributed by atoms with E-state index in [0.29, 0.717) is 17.8 Å². The van der Waals surface area contributed by atoms with Gasteiger partial charge in [0.1, 0.15) is 0 Å². The van der Waals surface area contributed by atoms with Gasteiger partial charge in [-0.2, -0.15) is 5.10 Å². The predicted molar refractivity (Wildman–Crippen MR) is 111 cm³/mol. The van der Waals surface area contributed by atoms with Crippen molar-refractivity contribution >= 4 is 0 Å². The molecule has 4 nitrogen and oxygen atoms in total. The molecule has 148 valence electrons. The summed E-state index contributed by atoms with van der Waals surface area (Å²) in [6.07, 6.45) is 9.54. The second-order valence-corrected chi connectivity index (χ2v) is 8.71. The second kappa shape index (κ2) is 10.1. The first-order valence-corrected chi connectivity index (χ1v) is 10.5. The third kappa shape index (κ3) is 5.87. The van der Waals surface area contributed by atoms with Crippen molar-refractivity contribution in [3.8, 4) is 0 Å². The van der Waals surface area contributed by atoms with E-state index < -0.39 is 0 Å². The molecule has 1 aliphatic rings. The molecule has 0 aromatic carbocycles. The van der Waals surface area contributed by atoms with E-state index in [4.69, 9.17) is 0 Å². The van der Waals surface area contributed by atoms with Crippen molar-refractivity contribution in [3.05, 3.63) is 29.7 Å². The van der Waals surface area contributed by atoms with Gasteiger partial charge >= 0.3 is 0 Å². The average molecular weight is 361 g/mol. The second-order valence-electron chi connectivity index (χ2n) is 8.71. The van der Waals surface area contributed by atoms with Gasteiger partial charge in [0.15, 0.2) is 0 Å². The molecule has 0 atom stereocenters. The summed E-state index contributed by atoms with van der Waals surface area (Å²) in [7, 11) is 4.42. The van der Waals surface area contributed by atoms with Crippen molar-refractivity contribution in [2.75, 3.05) is 27.2 Å². The topological polar surface area (TPSA) is 35.2 Å². The number of aromatic amines is 1. The molecule has 26 heavy (non-hydrogen) atoms. The summed E-state index contributed by atoms with van der Waals surface area (Å²) in [6, 6.07) is 0. The van der Waals surface area contributed by atoms with E-state index in [1.165, 1.54) is 55.5 Å². The van der Waals surface area contributed by atoms with Crippen molar-refractivity contribution in [1.82, 2.24) is 20.0 Å². The van der Waals surface area contributed by atoms with Crippen LogP contribution in [0.25, 0.3) is 0 Å². The fourth-order valence-electron chi connectivity index (χ4n) is 4.29. The Bertz CT molecular complexity index is 540. The molecule has 1 N–H and O–H groups in total. The van der Waals surface area contributed by atoms with Crippen molar-refractivity contribution in [2.45, 2.75) is 71.8 Å². The molecule has 1 fully saturated rings. The van der Waals surface area contributed by atoms with Crippen LogP contribution in [0.3, 0.4) is 0 Å². The SMILES string of the molecule is C=C(C1CCC(c2[nH]ncc2CN(C)CCCC)CC1)N(C)CC(C)C. The Morgan fingerprint density at radius 3 is 2.58 bits per heavy atom. The largest absolute Gasteiger partial charge is 0.378 e. The highest BCUT2D eigenvalue weighted by Crippen LogP contribution is 2.39. The summed E-state index contributed by atoms with van der Waals surface area (Å²) in [5.41, 5.74) is 4.11. The molecule has 1 aromatic heterocycles. The lowest BCUT2D eigenvalue weighted by atomic mass is 9.78. The monoisotopic (exact) mass is 360 g/mol. The fourth-order valence-corrected chi connectivity index (χ4v) is 4.29. The van der Waals surface area contributed by atoms with Crippen LogP contribution in [-0.2, 0) is 6.54 Å². The lowest BCUT2D eigenvalue weighted by Gasteiger charge is -2.34. The number of unbranched alkanes of at least 4 members (excludes halogenated alkanes) is 1. The maximum Gasteiger partial charge on any atom is 0.0535 e. The first-order valence-electron chi connectivity index (χ1n) is 10.5. The van der Waals surface area contributed by atoms with Crippen LogP contribution in [0.5, 0.6) is 0 Å². The third-order valence-electron chi connectivity index (χ3n) is 5.82. The summed E-state index contributed by atoms with van der Waals surface area (Å²) in [5.74, 6) is 1.96. The quantitative estimate of drug-likeness (QED) is 0.636. The highest BCUT2D eigenvalue weighted by atomic mass is 15.1. The van der Waals surface area contributed by atoms with Gasteiger partial charge in [0.25, 0.3) is 0 Å². The van der Waals surface area contributed by atoms with Gasteiger partial charge in [-0.05, 0) is 57.5 Å². The molecule has 0 spiro atoms. The highest BCUT2D eigenvalue weighted by molar-refractivity contribution is 5.21. The zero-order valence-electron chi connectivity index (χ0n) is 17.7. The highest BCUT2D eigenvalue weighted by Gasteiger charge is 2.28. The van der Waals surface area contributed by atoms with E-state index in [1.807, 2.05) is 6.20 Å². The molecule has 0 aliphatic heterocycles. The van der Waals surface area contributed by atoms with Gasteiger partial charge < -0.3 is 9.80 Å². The van der Waals surface area contributed by atoms with E-state index in [0.717, 1.165) is 19.6 Å². The zero-order chi connectivity index (χ0) is 19.1. The van der Waals surface area contributed by atoms with E-state index >= 15 is 0 Å². The third-order valence-corrected chi connectivity index (χ3v) is 5.82. The molecule has 4 heteroatoms. The van der Waals surface area contributed by atoms with Gasteiger partial charge in [0, 0.05) is 43.0 Å². The van der Waals surface area contributed by atoms with Gasteiger partial charge in [0.2, 0.25) is 0 Å². The maximum atomic E-state index is 4.40. The standard InChI is InChI=1S/C22H40N4/c1-7-8-13-25(5)16-21-14-23-24-22(21)20-11-9-19(10-12-20)18(4)26(6)15-17(2)3/h14,17,19-20H,4,7-13,15-16H2,1-3,5-6H3,(H,23,24). The van der Waals surface area contributed by atoms with Crippen LogP contribution in [0.4, 0.5) is 0 Å². The Labute approximate surface area is 161 Å². The van der Waals surface area contributed by atoms with Crippen molar-refractivity contribution in [1.29, 1.82) is 0 Å². The van der Waals surface area contributed by atoms with Crippen LogP contribution in [0.2, 0.25) is 0 Å². The summed E-state index contributed by atoms with van der Waals surface area (Å²) >= 11 is 0. The van der Waals surface area contributed by atoms with Crippen LogP contribution in [0.15, 0.2) is 18.5 Å². The number of H-pyrrole nitrogens is 1. The number of allylic oxidation sites excluding steroid dienone is 1. The van der Waals surface area contributed by atoms with Crippen LogP contribution >= 0.6 is 0 Å². The molecule has 0 unspecified atom stereocenters. The zero-order valence-corrected chi connectivity index (χ0v) is 17.7. The molecule has 0 radical (unpaired) electrons. The Morgan fingerprint density at radius 2 is 1.96 bits per heavy atom. The summed E-state index contributed by atoms with van der Waals surface area (Å²) < 4.78 is 0. The lowest BCUT2D eigenvalue weighted by Crippen LogP contribution is -2.28. The molecule has 1 aromatic rings. The van der Waals surface area contributed by atoms with Gasteiger partial charge in [-0.3, -0.25) is 5.10 Å². The van der Waals surface area contributed by atoms with E-state index in [-0.39, 0.29) is 0 Å². The van der Waals surface area contributed by atoms with E-state index in [2.05, 4.69) is 61.4 Å². The van der Waals surface area contributed by atoms with Crippen molar-refractivity contribution in [3.63, 3.8) is 0 Å². The van der Waals surface area contributed by atoms with Gasteiger partial charge in [-0.15, -0.1) is 0 Å². The number of rotatable bonds is 10. The summed E-state index contributed by atoms with van der Waals surface area (Å²) in [4.78, 5) is 4.80. The number of nitrogens with zero attached hydrogens (tertiary/aromatic N) is 3. The molecule has 1 aliphatic carbocycles. The Kier molecular flexibility index (Phi) is 8.20. The number of hydrogen-bond acceptors (Lipinski definition) is 3. The molecule has 1 saturated carbocycles. The maximum absolute atomic E-state index is 4.40. The molecule has 0 saturated heterocycles. The summed E-state index contributed by atoms with van der Waals surface area (Å²) in [5, 5.41) is 7.69. The minimum absolute atomic E-state index is 0.631. The summed E-state index contributed by atoms with van der Waals surface area (Å²) in [6.45, 7) is 14.5. The first-order chi connectivity index (χ1) is 12.4. The Hall–Kier alpha value is -1.29. The predicted octanol–water partition coefficient (Wildman–Crippen LogP) is 5.02. The molecule has 2 rings (SSSR count). The smallest absolute Gasteiger partial charge is 0.0535 e. The van der Waals surface area contributed by atoms with Crippen LogP contribution < -0.4 is 0 Å². The van der Waals surface area contributed by atoms with E-state index in [1.54, 1.807) is 0 Å². The number of nitrogens with one attached hydrogen (secondary N) is 1. The number of aromatic nitrogens is 2. The lowest BCUT2D eigenvalue weighted by molar-refractivity contribution is 0.268. The van der Waals surface area contributed by atoms with Gasteiger partial charge in [-0.25, -0.2) is 0 Å². The van der Waals surface area contributed by atoms with Crippen molar-refractivity contribution < 1.29 is 0 Å². The fraction of sp³-hybridized carbons (Fsp3) is 0.773. The van der Waals surface area contributed by atoms with Gasteiger partial charge in [0.05, 0.1) is 6.20 Å². The molecule has 0 amide bonds. The minimum atomic E-state index is 0.631. The minimum Gasteiger partial charge on any atom is -0.378 e. The molecule has 1 heterocycles. The van der Waals surface area contributed by atoms with Crippen molar-refractivity contribution in [2.24, 2.45) is 11.8 Å². The Balaban J connectivity index is 1.88. The van der Waals surface area contributed by atoms with Crippen LogP contribution in [0.1, 0.15) is 76.5 Å². The van der Waals surface area contributed by atoms with Gasteiger partial charge in [-0.1, -0.05) is 33.8 Å². The van der Waals surface area contributed by atoms with Crippen LogP contribution in [-0.4, -0.2) is 47.2 Å². The van der Waals surface area contributed by atoms with E-state index in [9.17, 15) is 0 Å². The number of hydrogen-bond donors (Lipinski definition) is 1. The normalized spacial score (nSPS) is 20.7. The molecular weight excluding hydrogens is 320 g/mol. The average Bonchev–Trinajstić information content (AvgIpc) is 3.06.